The lowest BCUT2D eigenvalue weighted by Crippen LogP contribution is -2.16. The van der Waals surface area contributed by atoms with E-state index in [0.29, 0.717) is 6.61 Å². The summed E-state index contributed by atoms with van der Waals surface area (Å²) in [6.45, 7) is 6.29. The second-order valence-corrected chi connectivity index (χ2v) is 4.32. The molecule has 86 valence electrons. The summed E-state index contributed by atoms with van der Waals surface area (Å²) >= 11 is 0. The van der Waals surface area contributed by atoms with E-state index in [2.05, 4.69) is 24.0 Å². The minimum Gasteiger partial charge on any atom is -0.490 e. The third kappa shape index (κ3) is 3.70. The minimum absolute atomic E-state index is 0.568. The number of hydrogen-bond donors (Lipinski definition) is 1. The number of nitrogens with one attached hydrogen (secondary N) is 1. The third-order valence-electron chi connectivity index (χ3n) is 2.73. The maximum Gasteiger partial charge on any atom is 0.120 e. The first-order valence-electron chi connectivity index (χ1n) is 5.92. The van der Waals surface area contributed by atoms with Crippen molar-refractivity contribution < 1.29 is 4.74 Å². The van der Waals surface area contributed by atoms with Crippen LogP contribution in [0.2, 0.25) is 0 Å². The molecule has 0 atom stereocenters. The van der Waals surface area contributed by atoms with Crippen LogP contribution in [-0.4, -0.2) is 13.2 Å². The average molecular weight is 217 g/mol. The van der Waals surface area contributed by atoms with E-state index in [1.165, 1.54) is 18.4 Å². The zero-order valence-electron chi connectivity index (χ0n) is 9.61. The topological polar surface area (TPSA) is 21.3 Å². The van der Waals surface area contributed by atoms with Crippen LogP contribution in [0.4, 0.5) is 0 Å². The Morgan fingerprint density at radius 2 is 2.31 bits per heavy atom. The predicted octanol–water partition coefficient (Wildman–Crippen LogP) is 2.75. The predicted molar refractivity (Wildman–Crippen MR) is 66.6 cm³/mol. The summed E-state index contributed by atoms with van der Waals surface area (Å²) in [7, 11) is 0. The molecule has 16 heavy (non-hydrogen) atoms. The maximum atomic E-state index is 5.49. The summed E-state index contributed by atoms with van der Waals surface area (Å²) < 4.78 is 5.49. The van der Waals surface area contributed by atoms with Gasteiger partial charge >= 0.3 is 0 Å². The van der Waals surface area contributed by atoms with Gasteiger partial charge in [-0.25, -0.2) is 0 Å². The van der Waals surface area contributed by atoms with Crippen molar-refractivity contribution in [2.75, 3.05) is 13.2 Å². The number of hydrogen-bond acceptors (Lipinski definition) is 2. The largest absolute Gasteiger partial charge is 0.490 e. The number of ether oxygens (including phenoxy) is 1. The standard InChI is InChI=1S/C14H19NO/c1-2-8-16-14-5-3-4-13(9-14)11-15-10-12-6-7-12/h2-5,9,12,15H,1,6-8,10-11H2. The fourth-order valence-corrected chi connectivity index (χ4v) is 1.64. The molecule has 0 bridgehead atoms. The zero-order valence-corrected chi connectivity index (χ0v) is 9.61. The Hall–Kier alpha value is -1.28. The second kappa shape index (κ2) is 5.71. The molecule has 1 aromatic rings. The molecule has 0 saturated heterocycles. The fourth-order valence-electron chi connectivity index (χ4n) is 1.64. The molecule has 2 rings (SSSR count). The molecule has 1 aromatic carbocycles. The van der Waals surface area contributed by atoms with Crippen LogP contribution in [0.5, 0.6) is 5.75 Å². The van der Waals surface area contributed by atoms with Crippen LogP contribution in [0.1, 0.15) is 18.4 Å². The van der Waals surface area contributed by atoms with Crippen molar-refractivity contribution in [3.63, 3.8) is 0 Å². The highest BCUT2D eigenvalue weighted by Gasteiger charge is 2.19. The molecule has 2 nitrogen and oxygen atoms in total. The summed E-state index contributed by atoms with van der Waals surface area (Å²) in [6.07, 6.45) is 4.56. The summed E-state index contributed by atoms with van der Waals surface area (Å²) in [5.41, 5.74) is 1.28. The molecule has 1 fully saturated rings. The lowest BCUT2D eigenvalue weighted by Gasteiger charge is -2.07. The van der Waals surface area contributed by atoms with Crippen LogP contribution in [0.25, 0.3) is 0 Å². The Morgan fingerprint density at radius 3 is 3.06 bits per heavy atom. The molecule has 2 heteroatoms. The van der Waals surface area contributed by atoms with Crippen LogP contribution >= 0.6 is 0 Å². The lowest BCUT2D eigenvalue weighted by molar-refractivity contribution is 0.362. The van der Waals surface area contributed by atoms with Gasteiger partial charge < -0.3 is 10.1 Å². The van der Waals surface area contributed by atoms with Gasteiger partial charge in [0.1, 0.15) is 12.4 Å². The summed E-state index contributed by atoms with van der Waals surface area (Å²) in [6, 6.07) is 8.23. The van der Waals surface area contributed by atoms with Gasteiger partial charge in [-0.3, -0.25) is 0 Å². The van der Waals surface area contributed by atoms with Crippen molar-refractivity contribution in [3.8, 4) is 5.75 Å². The SMILES string of the molecule is C=CCOc1cccc(CNCC2CC2)c1. The van der Waals surface area contributed by atoms with Gasteiger partial charge in [-0.2, -0.15) is 0 Å². The van der Waals surface area contributed by atoms with Gasteiger partial charge in [0.15, 0.2) is 0 Å². The molecule has 0 aromatic heterocycles. The first-order valence-corrected chi connectivity index (χ1v) is 5.92. The molecule has 0 aliphatic heterocycles. The van der Waals surface area contributed by atoms with Crippen LogP contribution in [0.3, 0.4) is 0 Å². The highest BCUT2D eigenvalue weighted by atomic mass is 16.5. The van der Waals surface area contributed by atoms with E-state index in [1.807, 2.05) is 12.1 Å². The Bertz CT molecular complexity index is 344. The molecule has 0 amide bonds. The molecule has 0 heterocycles. The smallest absolute Gasteiger partial charge is 0.120 e. The van der Waals surface area contributed by atoms with Crippen molar-refractivity contribution >= 4 is 0 Å². The van der Waals surface area contributed by atoms with E-state index in [-0.39, 0.29) is 0 Å². The van der Waals surface area contributed by atoms with Crippen LogP contribution in [-0.2, 0) is 6.54 Å². The quantitative estimate of drug-likeness (QED) is 0.709. The minimum atomic E-state index is 0.568. The van der Waals surface area contributed by atoms with Crippen molar-refractivity contribution in [1.82, 2.24) is 5.32 Å². The molecule has 1 aliphatic rings. The highest BCUT2D eigenvalue weighted by molar-refractivity contribution is 5.28. The maximum absolute atomic E-state index is 5.49. The van der Waals surface area contributed by atoms with Crippen molar-refractivity contribution in [2.45, 2.75) is 19.4 Å². The normalized spacial score (nSPS) is 14.8. The molecule has 0 spiro atoms. The molecular weight excluding hydrogens is 198 g/mol. The van der Waals surface area contributed by atoms with Gasteiger partial charge in [-0.05, 0) is 43.0 Å². The van der Waals surface area contributed by atoms with Crippen LogP contribution in [0.15, 0.2) is 36.9 Å². The summed E-state index contributed by atoms with van der Waals surface area (Å²) in [5.74, 6) is 1.85. The Labute approximate surface area is 97.3 Å². The number of benzene rings is 1. The van der Waals surface area contributed by atoms with Crippen molar-refractivity contribution in [1.29, 1.82) is 0 Å². The third-order valence-corrected chi connectivity index (χ3v) is 2.73. The molecule has 1 aliphatic carbocycles. The summed E-state index contributed by atoms with van der Waals surface area (Å²) in [4.78, 5) is 0. The van der Waals surface area contributed by atoms with Gasteiger partial charge in [0, 0.05) is 6.54 Å². The molecule has 1 saturated carbocycles. The first-order chi connectivity index (χ1) is 7.88. The van der Waals surface area contributed by atoms with Gasteiger partial charge in [0.2, 0.25) is 0 Å². The second-order valence-electron chi connectivity index (χ2n) is 4.32. The Morgan fingerprint density at radius 1 is 1.44 bits per heavy atom. The highest BCUT2D eigenvalue weighted by Crippen LogP contribution is 2.27. The van der Waals surface area contributed by atoms with E-state index >= 15 is 0 Å². The fraction of sp³-hybridized carbons (Fsp3) is 0.429. The van der Waals surface area contributed by atoms with Crippen molar-refractivity contribution in [3.05, 3.63) is 42.5 Å². The lowest BCUT2D eigenvalue weighted by atomic mass is 10.2. The van der Waals surface area contributed by atoms with E-state index in [9.17, 15) is 0 Å². The van der Waals surface area contributed by atoms with E-state index in [0.717, 1.165) is 24.8 Å². The molecular formula is C14H19NO. The summed E-state index contributed by atoms with van der Waals surface area (Å²) in [5, 5.41) is 3.47. The van der Waals surface area contributed by atoms with Gasteiger partial charge in [-0.15, -0.1) is 0 Å². The van der Waals surface area contributed by atoms with E-state index < -0.39 is 0 Å². The molecule has 0 unspecified atom stereocenters. The van der Waals surface area contributed by atoms with Gasteiger partial charge in [0.25, 0.3) is 0 Å². The number of rotatable bonds is 7. The zero-order chi connectivity index (χ0) is 11.2. The van der Waals surface area contributed by atoms with E-state index in [4.69, 9.17) is 4.74 Å². The van der Waals surface area contributed by atoms with Crippen LogP contribution < -0.4 is 10.1 Å². The van der Waals surface area contributed by atoms with Gasteiger partial charge in [0.05, 0.1) is 0 Å². The monoisotopic (exact) mass is 217 g/mol. The van der Waals surface area contributed by atoms with Crippen LogP contribution in [0, 0.1) is 5.92 Å². The van der Waals surface area contributed by atoms with Crippen molar-refractivity contribution in [2.24, 2.45) is 5.92 Å². The Kier molecular flexibility index (Phi) is 4.00. The Balaban J connectivity index is 1.79. The van der Waals surface area contributed by atoms with E-state index in [1.54, 1.807) is 6.08 Å². The average Bonchev–Trinajstić information content (AvgIpc) is 3.11. The van der Waals surface area contributed by atoms with Gasteiger partial charge in [-0.1, -0.05) is 24.8 Å². The molecule has 1 N–H and O–H groups in total. The first kappa shape index (κ1) is 11.2. The molecule has 0 radical (unpaired) electrons.